The van der Waals surface area contributed by atoms with Crippen molar-refractivity contribution in [1.82, 2.24) is 0 Å². The Morgan fingerprint density at radius 2 is 0.423 bits per heavy atom. The monoisotopic (exact) mass is 914 g/mol. The number of carbonyl (C=O) groups is 5. The summed E-state index contributed by atoms with van der Waals surface area (Å²) in [7, 11) is 0. The number of para-hydroxylation sites is 5. The Morgan fingerprint density at radius 1 is 0.308 bits per heavy atom. The van der Waals surface area contributed by atoms with Gasteiger partial charge >= 0.3 is 26.2 Å². The number of aromatic hydroxyl groups is 5. The molecular weight excluding hydrogens is 885 g/mol. The molecule has 5 rings (SSSR count). The third-order valence-corrected chi connectivity index (χ3v) is 5.62. The first-order chi connectivity index (χ1) is 23.6. The van der Waals surface area contributed by atoms with E-state index in [9.17, 15) is 49.5 Å². The molecule has 0 aliphatic heterocycles. The Kier molecular flexibility index (Phi) is 22.3. The fourth-order valence-electron chi connectivity index (χ4n) is 3.23. The van der Waals surface area contributed by atoms with Crippen molar-refractivity contribution in [2.24, 2.45) is 0 Å². The number of carbonyl (C=O) groups excluding carboxylic acids is 5. The maximum Gasteiger partial charge on any atom is 3.00 e. The molecule has 0 aliphatic rings. The maximum atomic E-state index is 10.2. The Labute approximate surface area is 313 Å². The first kappa shape index (κ1) is 47.4. The second-order valence-electron chi connectivity index (χ2n) is 9.02. The summed E-state index contributed by atoms with van der Waals surface area (Å²) in [5, 5.41) is 95.1. The van der Waals surface area contributed by atoms with Gasteiger partial charge in [0.1, 0.15) is 28.7 Å². The molecule has 0 aliphatic carbocycles. The van der Waals surface area contributed by atoms with Gasteiger partial charge in [-0.1, -0.05) is 60.7 Å². The molecule has 0 fully saturated rings. The summed E-state index contributed by atoms with van der Waals surface area (Å²) < 4.78 is 0. The third-order valence-electron chi connectivity index (χ3n) is 5.62. The van der Waals surface area contributed by atoms with Crippen LogP contribution < -0.4 is 25.5 Å². The second kappa shape index (κ2) is 24.4. The van der Waals surface area contributed by atoms with Crippen LogP contribution in [0, 0.1) is 0 Å². The van der Waals surface area contributed by atoms with Gasteiger partial charge in [0.2, 0.25) is 0 Å². The molecule has 9 N–H and O–H groups in total. The SMILES string of the molecule is O=C([O-])c1ccccc1O.O=C([O-])c1ccccc1O.O=C([O-])c1ccccc1O.O=C([O-])c1ccccc1O.O=C([O-])c1ccccc1O.[Bi+3].[OH4+2]. The van der Waals surface area contributed by atoms with Gasteiger partial charge in [-0.25, -0.2) is 0 Å². The minimum Gasteiger partial charge on any atom is -0.873 e. The van der Waals surface area contributed by atoms with E-state index in [2.05, 4.69) is 0 Å². The van der Waals surface area contributed by atoms with Crippen LogP contribution in [0.4, 0.5) is 0 Å². The fraction of sp³-hybridized carbons (Fsp3) is 0. The molecule has 0 bridgehead atoms. The number of hydrogen-bond acceptors (Lipinski definition) is 15. The normalized spacial score (nSPS) is 8.85. The quantitative estimate of drug-likeness (QED) is 0.111. The van der Waals surface area contributed by atoms with Crippen molar-refractivity contribution < 1.29 is 80.5 Å². The van der Waals surface area contributed by atoms with E-state index in [0.29, 0.717) is 0 Å². The van der Waals surface area contributed by atoms with Crippen molar-refractivity contribution in [3.8, 4) is 28.7 Å². The summed E-state index contributed by atoms with van der Waals surface area (Å²) in [4.78, 5) is 50.8. The molecule has 0 aromatic heterocycles. The fourth-order valence-corrected chi connectivity index (χ4v) is 3.23. The molecule has 270 valence electrons. The van der Waals surface area contributed by atoms with Crippen LogP contribution in [0.5, 0.6) is 28.7 Å². The van der Waals surface area contributed by atoms with Gasteiger partial charge in [-0.05, 0) is 60.7 Å². The first-order valence-corrected chi connectivity index (χ1v) is 13.5. The van der Waals surface area contributed by atoms with E-state index < -0.39 is 29.8 Å². The minimum atomic E-state index is -1.36. The standard InChI is InChI=1S/5C7H6O3.Bi.H4O/c5*8-6-4-2-1-3-5(6)7(9)10;;/h5*1-4,8H,(H,9,10);;1H4/q;;;;;+3;+2/p-5. The van der Waals surface area contributed by atoms with Crippen LogP contribution >= 0.6 is 0 Å². The summed E-state index contributed by atoms with van der Waals surface area (Å²) in [6, 6.07) is 28.2. The molecule has 0 spiro atoms. The Balaban J connectivity index is 0. The Morgan fingerprint density at radius 3 is 0.500 bits per heavy atom. The van der Waals surface area contributed by atoms with Crippen LogP contribution in [0.3, 0.4) is 0 Å². The predicted octanol–water partition coefficient (Wildman–Crippen LogP) is -2.79. The number of carboxylic acid groups (broad SMARTS) is 5. The predicted molar refractivity (Wildman–Crippen MR) is 174 cm³/mol. The third kappa shape index (κ3) is 16.6. The molecule has 16 nitrogen and oxygen atoms in total. The smallest absolute Gasteiger partial charge is 0.873 e. The first-order valence-electron chi connectivity index (χ1n) is 13.5. The molecule has 0 atom stereocenters. The van der Waals surface area contributed by atoms with Gasteiger partial charge in [-0.2, -0.15) is 0 Å². The number of aromatic carboxylic acids is 5. The Bertz CT molecular complexity index is 1600. The van der Waals surface area contributed by atoms with E-state index in [1.54, 1.807) is 30.3 Å². The van der Waals surface area contributed by atoms with Crippen LogP contribution in [0.15, 0.2) is 121 Å². The number of phenols is 5. The zero-order valence-corrected chi connectivity index (χ0v) is 30.0. The van der Waals surface area contributed by atoms with Crippen LogP contribution in [-0.2, 0) is 5.48 Å². The minimum absolute atomic E-state index is 0. The summed E-state index contributed by atoms with van der Waals surface area (Å²) >= 11 is 0. The molecule has 17 heteroatoms. The van der Waals surface area contributed by atoms with Gasteiger partial charge in [0.25, 0.3) is 0 Å². The molecule has 0 saturated heterocycles. The Hall–Kier alpha value is -6.71. The molecule has 2 radical (unpaired) electrons. The van der Waals surface area contributed by atoms with Gasteiger partial charge in [0.05, 0.1) is 29.8 Å². The van der Waals surface area contributed by atoms with Crippen molar-refractivity contribution in [1.29, 1.82) is 0 Å². The van der Waals surface area contributed by atoms with E-state index in [0.717, 1.165) is 0 Å². The van der Waals surface area contributed by atoms with Crippen molar-refractivity contribution in [3.05, 3.63) is 149 Å². The topological polar surface area (TPSA) is 336 Å². The van der Waals surface area contributed by atoms with Crippen molar-refractivity contribution in [2.75, 3.05) is 0 Å². The molecule has 52 heavy (non-hydrogen) atoms. The van der Waals surface area contributed by atoms with E-state index in [1.165, 1.54) is 91.0 Å². The largest absolute Gasteiger partial charge is 3.00 e. The molecule has 0 amide bonds. The van der Waals surface area contributed by atoms with E-state index in [-0.39, 0.29) is 88.2 Å². The van der Waals surface area contributed by atoms with Gasteiger partial charge in [0.15, 0.2) is 0 Å². The molecule has 5 aromatic rings. The molecule has 0 saturated carbocycles. The number of hydrogen-bond donors (Lipinski definition) is 5. The zero-order valence-electron chi connectivity index (χ0n) is 26.5. The van der Waals surface area contributed by atoms with E-state index in [4.69, 9.17) is 25.5 Å². The number of benzene rings is 5. The zero-order chi connectivity index (χ0) is 37.8. The molecule has 5 aromatic carbocycles. The summed E-state index contributed by atoms with van der Waals surface area (Å²) in [5.41, 5.74) is -0.891. The second-order valence-corrected chi connectivity index (χ2v) is 9.02. The van der Waals surface area contributed by atoms with Crippen LogP contribution in [-0.4, -0.2) is 81.6 Å². The molecular formula is C35H29BiO16. The summed E-state index contributed by atoms with van der Waals surface area (Å²) in [6.45, 7) is 0. The van der Waals surface area contributed by atoms with Gasteiger partial charge in [-0.15, -0.1) is 0 Å². The van der Waals surface area contributed by atoms with Crippen LogP contribution in [0.25, 0.3) is 0 Å². The molecule has 0 heterocycles. The van der Waals surface area contributed by atoms with E-state index >= 15 is 0 Å². The van der Waals surface area contributed by atoms with Crippen molar-refractivity contribution in [2.45, 2.75) is 0 Å². The van der Waals surface area contributed by atoms with Crippen LogP contribution in [0.2, 0.25) is 0 Å². The van der Waals surface area contributed by atoms with Gasteiger partial charge in [0, 0.05) is 27.8 Å². The number of carboxylic acids is 5. The summed E-state index contributed by atoms with van der Waals surface area (Å²) in [6.07, 6.45) is 0. The van der Waals surface area contributed by atoms with Crippen molar-refractivity contribution in [3.63, 3.8) is 0 Å². The van der Waals surface area contributed by atoms with Crippen LogP contribution in [0.1, 0.15) is 51.8 Å². The van der Waals surface area contributed by atoms with Crippen molar-refractivity contribution >= 4 is 56.0 Å². The van der Waals surface area contributed by atoms with Gasteiger partial charge in [-0.3, -0.25) is 0 Å². The summed E-state index contributed by atoms with van der Waals surface area (Å²) in [5.74, 6) is -8.12. The average molecular weight is 915 g/mol. The number of rotatable bonds is 5. The van der Waals surface area contributed by atoms with Gasteiger partial charge < -0.3 is 80.5 Å². The molecule has 0 unspecified atom stereocenters. The maximum absolute atomic E-state index is 10.2. The van der Waals surface area contributed by atoms with E-state index in [1.807, 2.05) is 0 Å². The average Bonchev–Trinajstić information content (AvgIpc) is 3.06.